The molecular weight excluding hydrogens is 436 g/mol. The van der Waals surface area contributed by atoms with Gasteiger partial charge in [0.15, 0.2) is 11.6 Å². The lowest BCUT2D eigenvalue weighted by Crippen LogP contribution is -2.49. The Morgan fingerprint density at radius 2 is 1.94 bits per heavy atom. The molecule has 0 spiro atoms. The number of amides is 1. The zero-order valence-electron chi connectivity index (χ0n) is 19.3. The van der Waals surface area contributed by atoms with Gasteiger partial charge in [-0.2, -0.15) is 0 Å². The number of fused-ring (bicyclic) bond motifs is 1. The van der Waals surface area contributed by atoms with Crippen molar-refractivity contribution in [2.45, 2.75) is 51.1 Å². The second-order valence-electron chi connectivity index (χ2n) is 9.05. The molecule has 2 aliphatic heterocycles. The Hall–Kier alpha value is -3.48. The summed E-state index contributed by atoms with van der Waals surface area (Å²) in [6, 6.07) is 9.68. The fourth-order valence-corrected chi connectivity index (χ4v) is 5.20. The van der Waals surface area contributed by atoms with Crippen molar-refractivity contribution in [3.63, 3.8) is 0 Å². The summed E-state index contributed by atoms with van der Waals surface area (Å²) in [7, 11) is 1.62. The van der Waals surface area contributed by atoms with Gasteiger partial charge in [-0.15, -0.1) is 0 Å². The number of rotatable bonds is 4. The first kappa shape index (κ1) is 22.3. The van der Waals surface area contributed by atoms with E-state index in [0.717, 1.165) is 54.3 Å². The SMILES string of the molecule is COc1cc(/C=C2\CC[C@@H]3CCC[C@@H](c4ccc(F)c(F)c4)N3C2=O)ccc1-n1cnc(C)c1. The Balaban J connectivity index is 1.45. The Labute approximate surface area is 197 Å². The van der Waals surface area contributed by atoms with E-state index in [4.69, 9.17) is 4.74 Å². The van der Waals surface area contributed by atoms with Gasteiger partial charge in [0.1, 0.15) is 5.75 Å². The second-order valence-corrected chi connectivity index (χ2v) is 9.05. The van der Waals surface area contributed by atoms with Crippen molar-refractivity contribution < 1.29 is 18.3 Å². The number of carbonyl (C=O) groups is 1. The molecule has 0 radical (unpaired) electrons. The number of hydrogen-bond acceptors (Lipinski definition) is 3. The number of halogens is 2. The molecule has 0 unspecified atom stereocenters. The zero-order chi connectivity index (χ0) is 23.8. The third kappa shape index (κ3) is 4.11. The standard InChI is InChI=1S/C27H27F2N3O2/c1-17-15-31(16-30-17)25-11-6-18(13-26(25)34-2)12-20-7-9-21-4-3-5-24(32(21)27(20)33)19-8-10-22(28)23(29)14-19/h6,8,10-16,21,24H,3-5,7,9H2,1-2H3/b20-12+/t21-,24-/m0/s1. The van der Waals surface area contributed by atoms with Crippen LogP contribution >= 0.6 is 0 Å². The van der Waals surface area contributed by atoms with Gasteiger partial charge in [-0.3, -0.25) is 4.79 Å². The van der Waals surface area contributed by atoms with Crippen LogP contribution < -0.4 is 4.74 Å². The monoisotopic (exact) mass is 463 g/mol. The van der Waals surface area contributed by atoms with Crippen LogP contribution in [0.3, 0.4) is 0 Å². The summed E-state index contributed by atoms with van der Waals surface area (Å²) in [5.74, 6) is -1.09. The average molecular weight is 464 g/mol. The van der Waals surface area contributed by atoms with Crippen LogP contribution in [0.1, 0.15) is 55.0 Å². The van der Waals surface area contributed by atoms with E-state index in [-0.39, 0.29) is 18.0 Å². The molecule has 34 heavy (non-hydrogen) atoms. The molecule has 5 nitrogen and oxygen atoms in total. The number of carbonyl (C=O) groups excluding carboxylic acids is 1. The fourth-order valence-electron chi connectivity index (χ4n) is 5.20. The maximum absolute atomic E-state index is 13.9. The predicted molar refractivity (Wildman–Crippen MR) is 126 cm³/mol. The largest absolute Gasteiger partial charge is 0.495 e. The van der Waals surface area contributed by atoms with E-state index in [1.165, 1.54) is 6.07 Å². The lowest BCUT2D eigenvalue weighted by Gasteiger charge is -2.46. The van der Waals surface area contributed by atoms with Crippen molar-refractivity contribution >= 4 is 12.0 Å². The van der Waals surface area contributed by atoms with E-state index in [1.54, 1.807) is 19.5 Å². The lowest BCUT2D eigenvalue weighted by molar-refractivity contribution is -0.136. The van der Waals surface area contributed by atoms with Gasteiger partial charge in [-0.25, -0.2) is 13.8 Å². The molecule has 1 amide bonds. The predicted octanol–water partition coefficient (Wildman–Crippen LogP) is 5.77. The van der Waals surface area contributed by atoms with Crippen molar-refractivity contribution in [3.8, 4) is 11.4 Å². The summed E-state index contributed by atoms with van der Waals surface area (Å²) < 4.78 is 35.0. The smallest absolute Gasteiger partial charge is 0.250 e. The molecule has 2 atom stereocenters. The number of aromatic nitrogens is 2. The summed E-state index contributed by atoms with van der Waals surface area (Å²) in [4.78, 5) is 19.8. The van der Waals surface area contributed by atoms with Crippen molar-refractivity contribution in [3.05, 3.63) is 83.0 Å². The normalized spacial score (nSPS) is 21.6. The van der Waals surface area contributed by atoms with Crippen molar-refractivity contribution in [1.29, 1.82) is 0 Å². The number of benzene rings is 2. The van der Waals surface area contributed by atoms with Crippen LogP contribution in [-0.2, 0) is 4.79 Å². The molecule has 2 saturated heterocycles. The highest BCUT2D eigenvalue weighted by atomic mass is 19.2. The maximum Gasteiger partial charge on any atom is 0.250 e. The molecule has 5 rings (SSSR count). The van der Waals surface area contributed by atoms with Crippen LogP contribution in [0.15, 0.2) is 54.5 Å². The molecule has 0 aliphatic carbocycles. The van der Waals surface area contributed by atoms with Gasteiger partial charge in [-0.05, 0) is 80.5 Å². The van der Waals surface area contributed by atoms with Crippen LogP contribution in [0.5, 0.6) is 5.75 Å². The molecular formula is C27H27F2N3O2. The van der Waals surface area contributed by atoms with Gasteiger partial charge in [0.25, 0.3) is 5.91 Å². The van der Waals surface area contributed by atoms with E-state index < -0.39 is 11.6 Å². The van der Waals surface area contributed by atoms with Crippen LogP contribution in [0, 0.1) is 18.6 Å². The van der Waals surface area contributed by atoms with Crippen LogP contribution in [0.2, 0.25) is 0 Å². The number of nitrogens with zero attached hydrogens (tertiary/aromatic N) is 3. The highest BCUT2D eigenvalue weighted by Gasteiger charge is 2.39. The molecule has 7 heteroatoms. The fraction of sp³-hybridized carbons (Fsp3) is 0.333. The van der Waals surface area contributed by atoms with Crippen molar-refractivity contribution in [2.24, 2.45) is 0 Å². The molecule has 3 aromatic rings. The summed E-state index contributed by atoms with van der Waals surface area (Å²) in [6.07, 6.45) is 9.78. The first-order valence-electron chi connectivity index (χ1n) is 11.6. The molecule has 2 fully saturated rings. The third-order valence-corrected chi connectivity index (χ3v) is 6.86. The number of methoxy groups -OCH3 is 1. The molecule has 0 saturated carbocycles. The topological polar surface area (TPSA) is 47.4 Å². The van der Waals surface area contributed by atoms with E-state index in [0.29, 0.717) is 17.7 Å². The van der Waals surface area contributed by atoms with Crippen molar-refractivity contribution in [1.82, 2.24) is 14.5 Å². The first-order chi connectivity index (χ1) is 16.4. The van der Waals surface area contributed by atoms with Gasteiger partial charge >= 0.3 is 0 Å². The maximum atomic E-state index is 13.9. The van der Waals surface area contributed by atoms with E-state index in [2.05, 4.69) is 4.98 Å². The highest BCUT2D eigenvalue weighted by Crippen LogP contribution is 2.41. The van der Waals surface area contributed by atoms with E-state index >= 15 is 0 Å². The van der Waals surface area contributed by atoms with E-state index in [9.17, 15) is 13.6 Å². The summed E-state index contributed by atoms with van der Waals surface area (Å²) in [5.41, 5.74) is 4.03. The van der Waals surface area contributed by atoms with E-state index in [1.807, 2.05) is 46.9 Å². The van der Waals surface area contributed by atoms with Gasteiger partial charge in [0.05, 0.1) is 30.9 Å². The van der Waals surface area contributed by atoms with Crippen LogP contribution in [0.4, 0.5) is 8.78 Å². The molecule has 2 aliphatic rings. The van der Waals surface area contributed by atoms with Gasteiger partial charge in [0, 0.05) is 17.8 Å². The quantitative estimate of drug-likeness (QED) is 0.462. The average Bonchev–Trinajstić information content (AvgIpc) is 3.28. The third-order valence-electron chi connectivity index (χ3n) is 6.86. The number of ether oxygens (including phenoxy) is 1. The van der Waals surface area contributed by atoms with Gasteiger partial charge < -0.3 is 14.2 Å². The number of hydrogen-bond donors (Lipinski definition) is 0. The Morgan fingerprint density at radius 3 is 2.68 bits per heavy atom. The minimum absolute atomic E-state index is 0.0287. The molecule has 2 aromatic carbocycles. The summed E-state index contributed by atoms with van der Waals surface area (Å²) in [6.45, 7) is 1.93. The lowest BCUT2D eigenvalue weighted by atomic mass is 9.84. The zero-order valence-corrected chi connectivity index (χ0v) is 19.3. The minimum atomic E-state index is -0.875. The summed E-state index contributed by atoms with van der Waals surface area (Å²) in [5, 5.41) is 0. The minimum Gasteiger partial charge on any atom is -0.495 e. The first-order valence-corrected chi connectivity index (χ1v) is 11.6. The second kappa shape index (κ2) is 9.05. The number of piperidine rings is 2. The Morgan fingerprint density at radius 1 is 1.09 bits per heavy atom. The number of imidazole rings is 1. The van der Waals surface area contributed by atoms with Crippen molar-refractivity contribution in [2.75, 3.05) is 7.11 Å². The Bertz CT molecular complexity index is 1270. The number of aryl methyl sites for hydroxylation is 1. The Kier molecular flexibility index (Phi) is 5.94. The molecule has 176 valence electrons. The molecule has 1 aromatic heterocycles. The van der Waals surface area contributed by atoms with Crippen LogP contribution in [0.25, 0.3) is 11.8 Å². The van der Waals surface area contributed by atoms with Crippen LogP contribution in [-0.4, -0.2) is 33.5 Å². The molecule has 0 N–H and O–H groups in total. The van der Waals surface area contributed by atoms with Gasteiger partial charge in [0.2, 0.25) is 0 Å². The van der Waals surface area contributed by atoms with Gasteiger partial charge in [-0.1, -0.05) is 12.1 Å². The molecule has 0 bridgehead atoms. The molecule has 3 heterocycles. The highest BCUT2D eigenvalue weighted by molar-refractivity contribution is 5.99. The summed E-state index contributed by atoms with van der Waals surface area (Å²) >= 11 is 0.